The average molecular weight is 301 g/mol. The first-order valence-corrected chi connectivity index (χ1v) is 7.72. The zero-order valence-corrected chi connectivity index (χ0v) is 12.4. The lowest BCUT2D eigenvalue weighted by Crippen LogP contribution is -2.34. The average Bonchev–Trinajstić information content (AvgIpc) is 2.66. The van der Waals surface area contributed by atoms with Crippen molar-refractivity contribution in [3.05, 3.63) is 30.5 Å². The molecule has 1 heterocycles. The summed E-state index contributed by atoms with van der Waals surface area (Å²) in [4.78, 5) is 0.112. The van der Waals surface area contributed by atoms with Crippen molar-refractivity contribution in [2.75, 3.05) is 0 Å². The Kier molecular flexibility index (Phi) is 3.62. The second kappa shape index (κ2) is 4.84. The van der Waals surface area contributed by atoms with Crippen LogP contribution < -0.4 is 0 Å². The van der Waals surface area contributed by atoms with Crippen molar-refractivity contribution >= 4 is 20.7 Å². The van der Waals surface area contributed by atoms with Crippen molar-refractivity contribution in [3.8, 4) is 0 Å². The first-order valence-electron chi connectivity index (χ1n) is 6.23. The molecule has 2 rings (SSSR count). The van der Waals surface area contributed by atoms with Gasteiger partial charge in [-0.1, -0.05) is 18.2 Å². The van der Waals surface area contributed by atoms with E-state index in [1.165, 1.54) is 20.0 Å². The molecular weight excluding hydrogens is 284 g/mol. The highest BCUT2D eigenvalue weighted by Gasteiger charge is 2.39. The number of benzene rings is 1. The number of hydrogen-bond donors (Lipinski definition) is 0. The molecular formula is C14H17F2NO2S. The van der Waals surface area contributed by atoms with E-state index < -0.39 is 27.4 Å². The molecule has 0 aliphatic rings. The van der Waals surface area contributed by atoms with E-state index in [1.807, 2.05) is 6.07 Å². The summed E-state index contributed by atoms with van der Waals surface area (Å²) < 4.78 is 50.8. The molecule has 3 nitrogen and oxygen atoms in total. The Morgan fingerprint density at radius 2 is 1.85 bits per heavy atom. The van der Waals surface area contributed by atoms with Gasteiger partial charge < -0.3 is 4.57 Å². The molecule has 0 saturated carbocycles. The molecule has 0 amide bonds. The molecule has 1 aromatic heterocycles. The van der Waals surface area contributed by atoms with Gasteiger partial charge >= 0.3 is 0 Å². The number of aromatic nitrogens is 1. The molecule has 0 fully saturated rings. The van der Waals surface area contributed by atoms with Crippen molar-refractivity contribution < 1.29 is 17.2 Å². The topological polar surface area (TPSA) is 39.1 Å². The van der Waals surface area contributed by atoms with Crippen LogP contribution in [0.2, 0.25) is 0 Å². The number of halogens is 2. The fourth-order valence-electron chi connectivity index (χ4n) is 2.30. The van der Waals surface area contributed by atoms with Crippen LogP contribution in [0.5, 0.6) is 0 Å². The predicted molar refractivity (Wildman–Crippen MR) is 74.8 cm³/mol. The highest BCUT2D eigenvalue weighted by molar-refractivity contribution is 7.93. The smallest absolute Gasteiger partial charge is 0.240 e. The molecule has 0 spiro atoms. The molecule has 110 valence electrons. The van der Waals surface area contributed by atoms with Crippen molar-refractivity contribution in [2.24, 2.45) is 7.05 Å². The van der Waals surface area contributed by atoms with E-state index in [1.54, 1.807) is 29.8 Å². The van der Waals surface area contributed by atoms with Crippen LogP contribution in [0.4, 0.5) is 8.78 Å². The lowest BCUT2D eigenvalue weighted by Gasteiger charge is -2.24. The third-order valence-corrected chi connectivity index (χ3v) is 6.05. The van der Waals surface area contributed by atoms with Crippen LogP contribution in [-0.4, -0.2) is 24.2 Å². The fourth-order valence-corrected chi connectivity index (χ4v) is 4.00. The second-order valence-corrected chi connectivity index (χ2v) is 8.03. The van der Waals surface area contributed by atoms with Gasteiger partial charge in [-0.3, -0.25) is 0 Å². The molecule has 0 aliphatic carbocycles. The Hall–Kier alpha value is -1.43. The van der Waals surface area contributed by atoms with E-state index in [0.717, 1.165) is 5.52 Å². The van der Waals surface area contributed by atoms with Crippen molar-refractivity contribution in [3.63, 3.8) is 0 Å². The molecule has 1 aromatic carbocycles. The number of aryl methyl sites for hydroxylation is 1. The van der Waals surface area contributed by atoms with Gasteiger partial charge in [0.2, 0.25) is 6.43 Å². The first-order chi connectivity index (χ1) is 9.17. The summed E-state index contributed by atoms with van der Waals surface area (Å²) in [6.07, 6.45) is -1.85. The van der Waals surface area contributed by atoms with E-state index in [9.17, 15) is 17.2 Å². The molecule has 2 aromatic rings. The third-order valence-electron chi connectivity index (χ3n) is 3.52. The molecule has 20 heavy (non-hydrogen) atoms. The van der Waals surface area contributed by atoms with Crippen molar-refractivity contribution in [1.29, 1.82) is 0 Å². The number of rotatable bonds is 4. The fraction of sp³-hybridized carbons (Fsp3) is 0.429. The minimum atomic E-state index is -3.84. The van der Waals surface area contributed by atoms with Gasteiger partial charge in [0.05, 0.1) is 9.64 Å². The summed E-state index contributed by atoms with van der Waals surface area (Å²) in [5.74, 6) is 0. The summed E-state index contributed by atoms with van der Waals surface area (Å²) in [5, 5.41) is 0.567. The molecule has 0 aliphatic heterocycles. The molecule has 0 atom stereocenters. The van der Waals surface area contributed by atoms with Gasteiger partial charge in [0.25, 0.3) is 0 Å². The van der Waals surface area contributed by atoms with E-state index in [4.69, 9.17) is 0 Å². The maximum atomic E-state index is 12.7. The predicted octanol–water partition coefficient (Wildman–Crippen LogP) is 3.39. The molecule has 0 unspecified atom stereocenters. The van der Waals surface area contributed by atoms with Gasteiger partial charge in [-0.25, -0.2) is 17.2 Å². The monoisotopic (exact) mass is 301 g/mol. The van der Waals surface area contributed by atoms with Gasteiger partial charge in [0.15, 0.2) is 9.84 Å². The number of alkyl halides is 2. The number of para-hydroxylation sites is 1. The van der Waals surface area contributed by atoms with Crippen LogP contribution in [0.1, 0.15) is 20.3 Å². The first kappa shape index (κ1) is 15.0. The Labute approximate surface area is 117 Å². The van der Waals surface area contributed by atoms with Gasteiger partial charge in [-0.15, -0.1) is 0 Å². The zero-order chi connectivity index (χ0) is 15.1. The van der Waals surface area contributed by atoms with Gasteiger partial charge in [-0.2, -0.15) is 0 Å². The highest BCUT2D eigenvalue weighted by Crippen LogP contribution is 2.35. The Balaban J connectivity index is 2.64. The lowest BCUT2D eigenvalue weighted by atomic mass is 10.1. The molecule has 0 radical (unpaired) electrons. The van der Waals surface area contributed by atoms with Crippen LogP contribution in [0.3, 0.4) is 0 Å². The number of hydrogen-bond acceptors (Lipinski definition) is 2. The van der Waals surface area contributed by atoms with E-state index in [0.29, 0.717) is 5.39 Å². The highest BCUT2D eigenvalue weighted by atomic mass is 32.2. The van der Waals surface area contributed by atoms with Crippen LogP contribution >= 0.6 is 0 Å². The maximum Gasteiger partial charge on any atom is 0.240 e. The standard InChI is InChI=1S/C14H17F2NO2S/c1-14(2,8-13(15)16)20(18,19)12-9-17(3)11-7-5-4-6-10(11)12/h4-7,9,13H,8H2,1-3H3. The van der Waals surface area contributed by atoms with Crippen LogP contribution in [0.15, 0.2) is 35.4 Å². The summed E-state index contributed by atoms with van der Waals surface area (Å²) >= 11 is 0. The molecule has 6 heteroatoms. The lowest BCUT2D eigenvalue weighted by molar-refractivity contribution is 0.126. The van der Waals surface area contributed by atoms with Gasteiger partial charge in [0, 0.05) is 30.6 Å². The van der Waals surface area contributed by atoms with Gasteiger partial charge in [-0.05, 0) is 19.9 Å². The maximum absolute atomic E-state index is 12.7. The van der Waals surface area contributed by atoms with Crippen molar-refractivity contribution in [2.45, 2.75) is 36.3 Å². The summed E-state index contributed by atoms with van der Waals surface area (Å²) in [6.45, 7) is 2.69. The summed E-state index contributed by atoms with van der Waals surface area (Å²) in [6, 6.07) is 7.04. The number of nitrogens with zero attached hydrogens (tertiary/aromatic N) is 1. The minimum Gasteiger partial charge on any atom is -0.349 e. The Bertz CT molecular complexity index is 733. The number of fused-ring (bicyclic) bond motifs is 1. The van der Waals surface area contributed by atoms with Crippen LogP contribution in [-0.2, 0) is 16.9 Å². The third kappa shape index (κ3) is 2.32. The van der Waals surface area contributed by atoms with Crippen molar-refractivity contribution in [1.82, 2.24) is 4.57 Å². The number of sulfone groups is 1. The van der Waals surface area contributed by atoms with Crippen LogP contribution in [0, 0.1) is 0 Å². The minimum absolute atomic E-state index is 0.112. The zero-order valence-electron chi connectivity index (χ0n) is 11.6. The molecule has 0 saturated heterocycles. The van der Waals surface area contributed by atoms with E-state index in [2.05, 4.69) is 0 Å². The summed E-state index contributed by atoms with van der Waals surface area (Å²) in [5.41, 5.74) is 0.763. The normalized spacial score (nSPS) is 13.3. The van der Waals surface area contributed by atoms with Gasteiger partial charge in [0.1, 0.15) is 0 Å². The SMILES string of the molecule is Cn1cc(S(=O)(=O)C(C)(C)CC(F)F)c2ccccc21. The Morgan fingerprint density at radius 1 is 1.25 bits per heavy atom. The van der Waals surface area contributed by atoms with E-state index in [-0.39, 0.29) is 4.90 Å². The summed E-state index contributed by atoms with van der Waals surface area (Å²) in [7, 11) is -2.10. The molecule has 0 bridgehead atoms. The second-order valence-electron chi connectivity index (χ2n) is 5.48. The quantitative estimate of drug-likeness (QED) is 0.868. The van der Waals surface area contributed by atoms with Crippen LogP contribution in [0.25, 0.3) is 10.9 Å². The molecule has 0 N–H and O–H groups in total. The Morgan fingerprint density at radius 3 is 2.45 bits per heavy atom. The van der Waals surface area contributed by atoms with E-state index >= 15 is 0 Å². The largest absolute Gasteiger partial charge is 0.349 e.